The lowest BCUT2D eigenvalue weighted by atomic mass is 10.1. The number of aromatic nitrogens is 2. The third-order valence-electron chi connectivity index (χ3n) is 4.89. The van der Waals surface area contributed by atoms with E-state index >= 15 is 0 Å². The number of halogens is 5. The van der Waals surface area contributed by atoms with Crippen molar-refractivity contribution in [3.63, 3.8) is 0 Å². The van der Waals surface area contributed by atoms with Crippen LogP contribution >= 0.6 is 0 Å². The molecule has 33 heavy (non-hydrogen) atoms. The number of nitrogens with zero attached hydrogens (tertiary/aromatic N) is 2. The fourth-order valence-electron chi connectivity index (χ4n) is 3.11. The van der Waals surface area contributed by atoms with E-state index in [1.807, 2.05) is 0 Å². The zero-order valence-corrected chi connectivity index (χ0v) is 18.6. The van der Waals surface area contributed by atoms with Gasteiger partial charge in [-0.1, -0.05) is 0 Å². The third kappa shape index (κ3) is 4.32. The number of sulfonamides is 1. The van der Waals surface area contributed by atoms with Crippen molar-refractivity contribution < 1.29 is 39.8 Å². The minimum atomic E-state index is -4.17. The summed E-state index contributed by atoms with van der Waals surface area (Å²) in [7, 11) is -1.45. The number of nitrogens with one attached hydrogen (secondary N) is 1. The molecular weight excluding hydrogens is 473 g/mol. The molecule has 0 fully saturated rings. The summed E-state index contributed by atoms with van der Waals surface area (Å²) in [5.74, 6) is -9.96. The summed E-state index contributed by atoms with van der Waals surface area (Å²) in [6.45, 7) is 1.96. The highest BCUT2D eigenvalue weighted by Crippen LogP contribution is 2.31. The summed E-state index contributed by atoms with van der Waals surface area (Å²) in [6, 6.07) is 3.89. The summed E-state index contributed by atoms with van der Waals surface area (Å²) >= 11 is 0. The van der Waals surface area contributed by atoms with E-state index in [-0.39, 0.29) is 27.7 Å². The summed E-state index contributed by atoms with van der Waals surface area (Å²) < 4.78 is 108. The molecule has 1 aromatic heterocycles. The van der Waals surface area contributed by atoms with Crippen LogP contribution in [-0.4, -0.2) is 32.4 Å². The second kappa shape index (κ2) is 8.89. The molecule has 0 saturated heterocycles. The van der Waals surface area contributed by atoms with E-state index < -0.39 is 51.2 Å². The van der Waals surface area contributed by atoms with E-state index in [0.717, 1.165) is 4.68 Å². The maximum absolute atomic E-state index is 14.1. The summed E-state index contributed by atoms with van der Waals surface area (Å²) in [6.07, 6.45) is 0. The van der Waals surface area contributed by atoms with Crippen molar-refractivity contribution in [1.29, 1.82) is 0 Å². The SMILES string of the molecule is COc1ccc(S(=O)(=O)Nc2c(C)nn(Cc3c(F)c(F)c(F)c(F)c3F)c2C)cc1OC. The fraction of sp³-hybridized carbons (Fsp3) is 0.250. The topological polar surface area (TPSA) is 82.5 Å². The standard InChI is InChI=1S/C20H18F5N3O4S/c1-9-20(27-33(29,30)11-5-6-13(31-3)14(7-11)32-4)10(2)28(26-9)8-12-15(21)17(23)19(25)18(24)16(12)22/h5-7,27H,8H2,1-4H3. The van der Waals surface area contributed by atoms with Crippen LogP contribution < -0.4 is 14.2 Å². The van der Waals surface area contributed by atoms with Crippen molar-refractivity contribution in [2.75, 3.05) is 18.9 Å². The smallest absolute Gasteiger partial charge is 0.262 e. The van der Waals surface area contributed by atoms with Gasteiger partial charge in [-0.05, 0) is 26.0 Å². The van der Waals surface area contributed by atoms with Gasteiger partial charge in [-0.3, -0.25) is 9.40 Å². The predicted molar refractivity (Wildman–Crippen MR) is 107 cm³/mol. The Morgan fingerprint density at radius 2 is 1.45 bits per heavy atom. The minimum Gasteiger partial charge on any atom is -0.493 e. The highest BCUT2D eigenvalue weighted by Gasteiger charge is 2.27. The monoisotopic (exact) mass is 491 g/mol. The Balaban J connectivity index is 1.99. The van der Waals surface area contributed by atoms with Crippen molar-refractivity contribution in [2.24, 2.45) is 0 Å². The van der Waals surface area contributed by atoms with Crippen molar-refractivity contribution in [2.45, 2.75) is 25.3 Å². The number of ether oxygens (including phenoxy) is 2. The molecule has 3 rings (SSSR count). The maximum Gasteiger partial charge on any atom is 0.262 e. The van der Waals surface area contributed by atoms with Crippen molar-refractivity contribution in [1.82, 2.24) is 9.78 Å². The Hall–Kier alpha value is -3.35. The zero-order chi connectivity index (χ0) is 24.7. The van der Waals surface area contributed by atoms with Gasteiger partial charge in [-0.15, -0.1) is 0 Å². The average molecular weight is 491 g/mol. The number of anilines is 1. The first-order chi connectivity index (χ1) is 15.4. The van der Waals surface area contributed by atoms with Crippen molar-refractivity contribution >= 4 is 15.7 Å². The van der Waals surface area contributed by atoms with Crippen molar-refractivity contribution in [3.8, 4) is 11.5 Å². The Labute approximate surface area is 185 Å². The Morgan fingerprint density at radius 1 is 0.909 bits per heavy atom. The first-order valence-electron chi connectivity index (χ1n) is 9.22. The van der Waals surface area contributed by atoms with Gasteiger partial charge < -0.3 is 9.47 Å². The first-order valence-corrected chi connectivity index (χ1v) is 10.7. The van der Waals surface area contributed by atoms with E-state index in [4.69, 9.17) is 9.47 Å². The van der Waals surface area contributed by atoms with Crippen molar-refractivity contribution in [3.05, 3.63) is 64.2 Å². The van der Waals surface area contributed by atoms with Crippen LogP contribution in [0.2, 0.25) is 0 Å². The van der Waals surface area contributed by atoms with Gasteiger partial charge in [-0.2, -0.15) is 5.10 Å². The molecule has 2 aromatic carbocycles. The molecule has 0 radical (unpaired) electrons. The Bertz CT molecular complexity index is 1310. The molecule has 1 N–H and O–H groups in total. The van der Waals surface area contributed by atoms with Crippen LogP contribution in [0.1, 0.15) is 17.0 Å². The average Bonchev–Trinajstić information content (AvgIpc) is 3.05. The number of methoxy groups -OCH3 is 2. The lowest BCUT2D eigenvalue weighted by Crippen LogP contribution is -2.15. The molecule has 7 nitrogen and oxygen atoms in total. The van der Waals surface area contributed by atoms with Gasteiger partial charge in [0.25, 0.3) is 10.0 Å². The molecule has 0 amide bonds. The molecule has 0 bridgehead atoms. The Kier molecular flexibility index (Phi) is 6.54. The van der Waals surface area contributed by atoms with Gasteiger partial charge in [0.15, 0.2) is 34.8 Å². The van der Waals surface area contributed by atoms with Gasteiger partial charge in [0.2, 0.25) is 5.82 Å². The zero-order valence-electron chi connectivity index (χ0n) is 17.8. The van der Waals surface area contributed by atoms with Crippen LogP contribution in [0.25, 0.3) is 0 Å². The van der Waals surface area contributed by atoms with Crippen LogP contribution in [0.3, 0.4) is 0 Å². The molecule has 0 atom stereocenters. The third-order valence-corrected chi connectivity index (χ3v) is 6.24. The molecule has 0 aliphatic carbocycles. The molecule has 0 saturated carbocycles. The van der Waals surface area contributed by atoms with Crippen LogP contribution in [0.5, 0.6) is 11.5 Å². The van der Waals surface area contributed by atoms with Crippen LogP contribution in [0.15, 0.2) is 23.1 Å². The number of hydrogen-bond acceptors (Lipinski definition) is 5. The second-order valence-electron chi connectivity index (χ2n) is 6.87. The molecule has 178 valence electrons. The van der Waals surface area contributed by atoms with E-state index in [9.17, 15) is 30.4 Å². The largest absolute Gasteiger partial charge is 0.493 e. The number of hydrogen-bond donors (Lipinski definition) is 1. The van der Waals surface area contributed by atoms with Crippen LogP contribution in [-0.2, 0) is 16.6 Å². The first kappa shape index (κ1) is 24.3. The van der Waals surface area contributed by atoms with Gasteiger partial charge in [0.1, 0.15) is 0 Å². The molecule has 13 heteroatoms. The summed E-state index contributed by atoms with van der Waals surface area (Å²) in [5.41, 5.74) is -0.930. The van der Waals surface area contributed by atoms with Gasteiger partial charge >= 0.3 is 0 Å². The van der Waals surface area contributed by atoms with E-state index in [0.29, 0.717) is 5.75 Å². The van der Waals surface area contributed by atoms with Crippen LogP contribution in [0.4, 0.5) is 27.6 Å². The highest BCUT2D eigenvalue weighted by atomic mass is 32.2. The number of benzene rings is 2. The lowest BCUT2D eigenvalue weighted by Gasteiger charge is -2.12. The number of aryl methyl sites for hydroxylation is 1. The predicted octanol–water partition coefficient (Wildman–Crippen LogP) is 4.06. The fourth-order valence-corrected chi connectivity index (χ4v) is 4.31. The summed E-state index contributed by atoms with van der Waals surface area (Å²) in [5, 5.41) is 3.98. The highest BCUT2D eigenvalue weighted by molar-refractivity contribution is 7.92. The summed E-state index contributed by atoms with van der Waals surface area (Å²) in [4.78, 5) is -0.175. The molecule has 0 aliphatic heterocycles. The molecule has 3 aromatic rings. The Morgan fingerprint density at radius 3 is 2.00 bits per heavy atom. The molecule has 0 spiro atoms. The molecule has 0 aliphatic rings. The quantitative estimate of drug-likeness (QED) is 0.306. The van der Waals surface area contributed by atoms with Gasteiger partial charge in [-0.25, -0.2) is 30.4 Å². The maximum atomic E-state index is 14.1. The molecule has 1 heterocycles. The van der Waals surface area contributed by atoms with E-state index in [2.05, 4.69) is 9.82 Å². The lowest BCUT2D eigenvalue weighted by molar-refractivity contribution is 0.354. The second-order valence-corrected chi connectivity index (χ2v) is 8.56. The normalized spacial score (nSPS) is 11.5. The van der Waals surface area contributed by atoms with Crippen LogP contribution in [0, 0.1) is 42.9 Å². The van der Waals surface area contributed by atoms with Gasteiger partial charge in [0.05, 0.1) is 48.3 Å². The molecular formula is C20H18F5N3O4S. The van der Waals surface area contributed by atoms with Gasteiger partial charge in [0, 0.05) is 6.07 Å². The van der Waals surface area contributed by atoms with E-state index in [1.165, 1.54) is 46.3 Å². The number of rotatable bonds is 7. The minimum absolute atomic E-state index is 0.0198. The molecule has 0 unspecified atom stereocenters. The van der Waals surface area contributed by atoms with E-state index in [1.54, 1.807) is 0 Å².